The number of nitrogens with zero attached hydrogens (tertiary/aromatic N) is 1. The van der Waals surface area contributed by atoms with E-state index in [1.54, 1.807) is 6.92 Å². The summed E-state index contributed by atoms with van der Waals surface area (Å²) >= 11 is 0. The van der Waals surface area contributed by atoms with Gasteiger partial charge in [0, 0.05) is 25.6 Å². The third-order valence-corrected chi connectivity index (χ3v) is 6.10. The number of hydrogen-bond acceptors (Lipinski definition) is 4. The molecule has 150 valence electrons. The molecule has 4 heteroatoms. The van der Waals surface area contributed by atoms with Crippen molar-refractivity contribution in [1.29, 1.82) is 0 Å². The molecule has 0 aromatic heterocycles. The van der Waals surface area contributed by atoms with Crippen LogP contribution in [-0.4, -0.2) is 47.6 Å². The van der Waals surface area contributed by atoms with E-state index < -0.39 is 6.10 Å². The zero-order valence-corrected chi connectivity index (χ0v) is 17.3. The minimum absolute atomic E-state index is 0.210. The number of ether oxygens (including phenoxy) is 1. The molecule has 0 radical (unpaired) electrons. The summed E-state index contributed by atoms with van der Waals surface area (Å²) in [5.41, 5.74) is 1.93. The SMILES string of the molecule is CC(=O)CCc1ccc(OC[C@@H](O)CN2C[C@@]3(C)C[C@H]2CC(C)(C)C3)cc1. The Morgan fingerprint density at radius 1 is 1.26 bits per heavy atom. The molecule has 2 aliphatic rings. The van der Waals surface area contributed by atoms with Gasteiger partial charge < -0.3 is 14.6 Å². The highest BCUT2D eigenvalue weighted by molar-refractivity contribution is 5.75. The minimum Gasteiger partial charge on any atom is -0.491 e. The van der Waals surface area contributed by atoms with Crippen molar-refractivity contribution in [3.8, 4) is 5.75 Å². The van der Waals surface area contributed by atoms with Crippen molar-refractivity contribution >= 4 is 5.78 Å². The maximum atomic E-state index is 11.1. The molecule has 1 aromatic rings. The Morgan fingerprint density at radius 3 is 2.63 bits per heavy atom. The first-order chi connectivity index (χ1) is 12.6. The van der Waals surface area contributed by atoms with Crippen LogP contribution in [0.3, 0.4) is 0 Å². The van der Waals surface area contributed by atoms with Gasteiger partial charge in [0.1, 0.15) is 24.2 Å². The maximum Gasteiger partial charge on any atom is 0.130 e. The van der Waals surface area contributed by atoms with Crippen LogP contribution in [0.4, 0.5) is 0 Å². The summed E-state index contributed by atoms with van der Waals surface area (Å²) in [6.07, 6.45) is 4.61. The van der Waals surface area contributed by atoms with Gasteiger partial charge in [0.15, 0.2) is 0 Å². The number of carbonyl (C=O) groups excluding carboxylic acids is 1. The summed E-state index contributed by atoms with van der Waals surface area (Å²) in [4.78, 5) is 13.6. The molecule has 1 heterocycles. The largest absolute Gasteiger partial charge is 0.491 e. The van der Waals surface area contributed by atoms with Crippen LogP contribution < -0.4 is 4.74 Å². The second kappa shape index (κ2) is 7.92. The van der Waals surface area contributed by atoms with E-state index in [4.69, 9.17) is 4.74 Å². The Hall–Kier alpha value is -1.39. The van der Waals surface area contributed by atoms with Gasteiger partial charge in [0.25, 0.3) is 0 Å². The second-order valence-corrected chi connectivity index (χ2v) is 9.95. The fraction of sp³-hybridized carbons (Fsp3) is 0.696. The van der Waals surface area contributed by atoms with Gasteiger partial charge in [-0.3, -0.25) is 4.90 Å². The van der Waals surface area contributed by atoms with Crippen LogP contribution in [0.1, 0.15) is 58.9 Å². The first-order valence-corrected chi connectivity index (χ1v) is 10.3. The van der Waals surface area contributed by atoms with E-state index in [1.165, 1.54) is 19.3 Å². The van der Waals surface area contributed by atoms with Gasteiger partial charge in [0.05, 0.1) is 0 Å². The van der Waals surface area contributed by atoms with E-state index in [0.717, 1.165) is 24.3 Å². The highest BCUT2D eigenvalue weighted by atomic mass is 16.5. The van der Waals surface area contributed by atoms with Crippen molar-refractivity contribution in [3.63, 3.8) is 0 Å². The van der Waals surface area contributed by atoms with Crippen LogP contribution >= 0.6 is 0 Å². The number of rotatable bonds is 8. The Kier molecular flexibility index (Phi) is 5.97. The van der Waals surface area contributed by atoms with Crippen LogP contribution in [0.2, 0.25) is 0 Å². The van der Waals surface area contributed by atoms with Crippen LogP contribution in [0.25, 0.3) is 0 Å². The highest BCUT2D eigenvalue weighted by Gasteiger charge is 2.49. The molecule has 3 atom stereocenters. The fourth-order valence-corrected chi connectivity index (χ4v) is 5.38. The normalized spacial score (nSPS) is 28.1. The molecule has 1 aromatic carbocycles. The monoisotopic (exact) mass is 373 g/mol. The Morgan fingerprint density at radius 2 is 1.96 bits per heavy atom. The fourth-order valence-electron chi connectivity index (χ4n) is 5.38. The van der Waals surface area contributed by atoms with Crippen molar-refractivity contribution in [2.75, 3.05) is 19.7 Å². The van der Waals surface area contributed by atoms with Gasteiger partial charge in [-0.1, -0.05) is 32.9 Å². The zero-order valence-electron chi connectivity index (χ0n) is 17.3. The van der Waals surface area contributed by atoms with Crippen LogP contribution in [0.5, 0.6) is 5.75 Å². The smallest absolute Gasteiger partial charge is 0.130 e. The van der Waals surface area contributed by atoms with E-state index in [2.05, 4.69) is 25.7 Å². The van der Waals surface area contributed by atoms with Crippen LogP contribution in [0.15, 0.2) is 24.3 Å². The molecule has 3 rings (SSSR count). The summed E-state index contributed by atoms with van der Waals surface area (Å²) in [6.45, 7) is 10.9. The lowest BCUT2D eigenvalue weighted by atomic mass is 9.65. The molecule has 1 saturated heterocycles. The topological polar surface area (TPSA) is 49.8 Å². The number of aliphatic hydroxyl groups excluding tert-OH is 1. The summed E-state index contributed by atoms with van der Waals surface area (Å²) in [7, 11) is 0. The number of carbonyl (C=O) groups is 1. The van der Waals surface area contributed by atoms with Gasteiger partial charge in [0.2, 0.25) is 0 Å². The molecule has 0 spiro atoms. The lowest BCUT2D eigenvalue weighted by Crippen LogP contribution is -2.39. The predicted octanol–water partition coefficient (Wildman–Crippen LogP) is 3.85. The number of β-amino-alcohol motifs (C(OH)–C–C–N with tert-alkyl or cyclic N) is 1. The molecule has 1 saturated carbocycles. The average molecular weight is 374 g/mol. The molecule has 2 bridgehead atoms. The second-order valence-electron chi connectivity index (χ2n) is 9.95. The molecule has 1 N–H and O–H groups in total. The van der Waals surface area contributed by atoms with Crippen molar-refractivity contribution in [1.82, 2.24) is 4.90 Å². The predicted molar refractivity (Wildman–Crippen MR) is 108 cm³/mol. The Bertz CT molecular complexity index is 654. The number of fused-ring (bicyclic) bond motifs is 2. The molecule has 2 fully saturated rings. The lowest BCUT2D eigenvalue weighted by molar-refractivity contribution is -0.116. The lowest BCUT2D eigenvalue weighted by Gasteiger charge is -2.40. The van der Waals surface area contributed by atoms with Gasteiger partial charge >= 0.3 is 0 Å². The molecule has 1 aliphatic heterocycles. The van der Waals surface area contributed by atoms with Crippen molar-refractivity contribution in [2.24, 2.45) is 10.8 Å². The number of aliphatic hydroxyl groups is 1. The highest BCUT2D eigenvalue weighted by Crippen LogP contribution is 2.52. The summed E-state index contributed by atoms with van der Waals surface area (Å²) < 4.78 is 5.79. The minimum atomic E-state index is -0.478. The Labute approximate surface area is 163 Å². The molecular formula is C23H35NO3. The standard InChI is InChI=1S/C23H35NO3/c1-17(25)5-6-18-7-9-21(10-8-18)27-14-20(26)13-24-16-23(4)12-19(24)11-22(2,3)15-23/h7-10,19-20,26H,5-6,11-16H2,1-4H3/t19-,20+,23+/m1/s1. The Balaban J connectivity index is 1.46. The van der Waals surface area contributed by atoms with Gasteiger partial charge in [-0.2, -0.15) is 0 Å². The molecule has 1 aliphatic carbocycles. The molecule has 0 amide bonds. The number of benzene rings is 1. The van der Waals surface area contributed by atoms with Crippen molar-refractivity contribution in [2.45, 2.75) is 71.9 Å². The van der Waals surface area contributed by atoms with E-state index in [9.17, 15) is 9.90 Å². The van der Waals surface area contributed by atoms with Crippen LogP contribution in [-0.2, 0) is 11.2 Å². The first kappa shape index (κ1) is 20.3. The van der Waals surface area contributed by atoms with Gasteiger partial charge in [-0.05, 0) is 61.1 Å². The third kappa shape index (κ3) is 5.55. The maximum absolute atomic E-state index is 11.1. The van der Waals surface area contributed by atoms with E-state index in [0.29, 0.717) is 36.4 Å². The van der Waals surface area contributed by atoms with E-state index >= 15 is 0 Å². The number of hydrogen-bond donors (Lipinski definition) is 1. The van der Waals surface area contributed by atoms with Crippen molar-refractivity contribution in [3.05, 3.63) is 29.8 Å². The third-order valence-electron chi connectivity index (χ3n) is 6.10. The van der Waals surface area contributed by atoms with Crippen molar-refractivity contribution < 1.29 is 14.6 Å². The molecule has 4 nitrogen and oxygen atoms in total. The van der Waals surface area contributed by atoms with E-state index in [1.807, 2.05) is 24.3 Å². The number of Topliss-reactive ketones (excluding diaryl/α,β-unsaturated/α-hetero) is 1. The number of ketones is 1. The molecule has 0 unspecified atom stereocenters. The summed E-state index contributed by atoms with van der Waals surface area (Å²) in [6, 6.07) is 8.44. The summed E-state index contributed by atoms with van der Waals surface area (Å²) in [5, 5.41) is 10.5. The first-order valence-electron chi connectivity index (χ1n) is 10.3. The molecular weight excluding hydrogens is 338 g/mol. The zero-order chi connectivity index (χ0) is 19.7. The number of aryl methyl sites for hydroxylation is 1. The van der Waals surface area contributed by atoms with Gasteiger partial charge in [-0.25, -0.2) is 0 Å². The van der Waals surface area contributed by atoms with Crippen LogP contribution in [0, 0.1) is 10.8 Å². The number of likely N-dealkylation sites (tertiary alicyclic amines) is 1. The molecule has 27 heavy (non-hydrogen) atoms. The van der Waals surface area contributed by atoms with E-state index in [-0.39, 0.29) is 5.78 Å². The van der Waals surface area contributed by atoms with Gasteiger partial charge in [-0.15, -0.1) is 0 Å². The quantitative estimate of drug-likeness (QED) is 0.752. The average Bonchev–Trinajstić information content (AvgIpc) is 2.80. The summed E-state index contributed by atoms with van der Waals surface area (Å²) in [5.74, 6) is 0.982.